The number of likely N-dealkylation sites (tertiary alicyclic amines) is 1. The number of hydrogen-bond acceptors (Lipinski definition) is 10. The Morgan fingerprint density at radius 3 is 2.73 bits per heavy atom. The van der Waals surface area contributed by atoms with E-state index >= 15 is 8.78 Å². The minimum Gasteiger partial charge on any atom is -0.461 e. The van der Waals surface area contributed by atoms with E-state index in [2.05, 4.69) is 38.3 Å². The number of terminal acetylenes is 1. The molecule has 5 aliphatic rings. The normalized spacial score (nSPS) is 30.3. The standard InChI is InChI=1S/C42H46F2N8O3/c1-5-31-33(44)8-7-27-16-42(4,54)18-35(38(27)31)49-14-11-32-34(23-49)47-40(55-25-41(3)17-29(43)21-51(41)20-26-9-12-46-13-10-26)48-39(32)50-22-30-15-28(19-45)36(24-50)52(30)37(53)6-2/h1,6-10,12-13,28-30,35-36,54H,2,11,14-18,20-25H2,3-4H3/t28?,29-,30-,35+,36-,41+,42+/m1/s1. The Balaban J connectivity index is 1.14. The van der Waals surface area contributed by atoms with Crippen LogP contribution in [-0.4, -0.2) is 103 Å². The lowest BCUT2D eigenvalue weighted by atomic mass is 9.75. The molecule has 11 nitrogen and oxygen atoms in total. The lowest BCUT2D eigenvalue weighted by Gasteiger charge is -2.45. The van der Waals surface area contributed by atoms with Crippen molar-refractivity contribution in [2.45, 2.75) is 94.5 Å². The molecule has 0 radical (unpaired) electrons. The summed E-state index contributed by atoms with van der Waals surface area (Å²) in [5.41, 5.74) is 2.81. The highest BCUT2D eigenvalue weighted by atomic mass is 19.1. The van der Waals surface area contributed by atoms with Gasteiger partial charge in [-0.2, -0.15) is 15.2 Å². The fourth-order valence-corrected chi connectivity index (χ4v) is 9.82. The molecule has 286 valence electrons. The van der Waals surface area contributed by atoms with Gasteiger partial charge in [0, 0.05) is 76.1 Å². The van der Waals surface area contributed by atoms with Gasteiger partial charge >= 0.3 is 6.01 Å². The van der Waals surface area contributed by atoms with Gasteiger partial charge in [0.2, 0.25) is 5.91 Å². The van der Waals surface area contributed by atoms with Gasteiger partial charge in [0.05, 0.1) is 46.5 Å². The molecule has 0 spiro atoms. The van der Waals surface area contributed by atoms with Crippen molar-refractivity contribution in [3.05, 3.63) is 88.6 Å². The summed E-state index contributed by atoms with van der Waals surface area (Å²) >= 11 is 0. The predicted octanol–water partition coefficient (Wildman–Crippen LogP) is 4.29. The first-order valence-corrected chi connectivity index (χ1v) is 19.0. The first-order valence-electron chi connectivity index (χ1n) is 19.0. The number of halogens is 2. The van der Waals surface area contributed by atoms with E-state index in [4.69, 9.17) is 21.1 Å². The van der Waals surface area contributed by atoms with Crippen LogP contribution in [-0.2, 0) is 30.7 Å². The molecule has 1 aliphatic carbocycles. The third-order valence-corrected chi connectivity index (χ3v) is 12.4. The number of benzene rings is 1. The maximum absolute atomic E-state index is 15.2. The smallest absolute Gasteiger partial charge is 0.318 e. The molecular weight excluding hydrogens is 703 g/mol. The van der Waals surface area contributed by atoms with E-state index in [1.807, 2.05) is 19.1 Å². The Bertz CT molecular complexity index is 2080. The fraction of sp³-hybridized carbons (Fsp3) is 0.500. The van der Waals surface area contributed by atoms with Gasteiger partial charge in [-0.3, -0.25) is 19.6 Å². The third-order valence-electron chi connectivity index (χ3n) is 12.4. The summed E-state index contributed by atoms with van der Waals surface area (Å²) in [5, 5.41) is 21.5. The average molecular weight is 749 g/mol. The van der Waals surface area contributed by atoms with E-state index in [9.17, 15) is 15.2 Å². The zero-order valence-electron chi connectivity index (χ0n) is 31.3. The summed E-state index contributed by atoms with van der Waals surface area (Å²) in [4.78, 5) is 35.3. The SMILES string of the molecule is C#Cc1c(F)ccc2c1[C@@H](N1CCc3c(nc(OC[C@]4(C)C[C@@H](F)CN4Cc4ccncc4)nc3N3C[C@H]4CC(C#N)[C@@H](C3)N4C(=O)C=C)C1)C[C@@](C)(O)C2. The molecule has 3 aromatic rings. The van der Waals surface area contributed by atoms with Gasteiger partial charge in [-0.15, -0.1) is 6.42 Å². The molecular formula is C42H46F2N8O3. The van der Waals surface area contributed by atoms with Gasteiger partial charge in [0.1, 0.15) is 24.4 Å². The number of nitriles is 1. The molecule has 7 atom stereocenters. The van der Waals surface area contributed by atoms with Crippen LogP contribution in [0, 0.1) is 35.4 Å². The summed E-state index contributed by atoms with van der Waals surface area (Å²) in [5.74, 6) is 2.31. The maximum atomic E-state index is 15.2. The molecule has 3 fully saturated rings. The number of aliphatic hydroxyl groups is 1. The summed E-state index contributed by atoms with van der Waals surface area (Å²) in [7, 11) is 0. The molecule has 1 unspecified atom stereocenters. The number of ether oxygens (including phenoxy) is 1. The number of alkyl halides is 1. The number of pyridine rings is 1. The number of rotatable bonds is 8. The Morgan fingerprint density at radius 1 is 1.18 bits per heavy atom. The number of nitrogens with zero attached hydrogens (tertiary/aromatic N) is 8. The summed E-state index contributed by atoms with van der Waals surface area (Å²) in [6.45, 7) is 10.3. The van der Waals surface area contributed by atoms with Crippen molar-refractivity contribution in [3.63, 3.8) is 0 Å². The van der Waals surface area contributed by atoms with Gasteiger partial charge in [-0.25, -0.2) is 8.78 Å². The summed E-state index contributed by atoms with van der Waals surface area (Å²) < 4.78 is 36.7. The number of carbonyl (C=O) groups is 1. The highest BCUT2D eigenvalue weighted by molar-refractivity contribution is 5.88. The molecule has 1 aromatic carbocycles. The van der Waals surface area contributed by atoms with E-state index in [-0.39, 0.29) is 61.1 Å². The summed E-state index contributed by atoms with van der Waals surface area (Å²) in [6.07, 6.45) is 11.8. The molecule has 2 aromatic heterocycles. The Kier molecular flexibility index (Phi) is 9.61. The number of amides is 1. The van der Waals surface area contributed by atoms with Crippen LogP contribution in [0.5, 0.6) is 6.01 Å². The molecule has 13 heteroatoms. The van der Waals surface area contributed by atoms with Crippen LogP contribution in [0.2, 0.25) is 0 Å². The van der Waals surface area contributed by atoms with Crippen molar-refractivity contribution < 1.29 is 23.4 Å². The average Bonchev–Trinajstić information content (AvgIpc) is 3.58. The molecule has 3 saturated heterocycles. The maximum Gasteiger partial charge on any atom is 0.318 e. The second kappa shape index (κ2) is 14.3. The largest absolute Gasteiger partial charge is 0.461 e. The van der Waals surface area contributed by atoms with Crippen LogP contribution in [0.25, 0.3) is 0 Å². The first kappa shape index (κ1) is 37.0. The number of aromatic nitrogens is 3. The zero-order chi connectivity index (χ0) is 38.6. The topological polar surface area (TPSA) is 122 Å². The number of piperazine rings is 1. The van der Waals surface area contributed by atoms with Crippen molar-refractivity contribution in [2.75, 3.05) is 37.7 Å². The minimum atomic E-state index is -1.03. The van der Waals surface area contributed by atoms with E-state index in [1.54, 1.807) is 30.3 Å². The highest BCUT2D eigenvalue weighted by Gasteiger charge is 2.49. The van der Waals surface area contributed by atoms with Crippen LogP contribution < -0.4 is 9.64 Å². The molecule has 0 saturated carbocycles. The molecule has 55 heavy (non-hydrogen) atoms. The van der Waals surface area contributed by atoms with Gasteiger partial charge in [0.25, 0.3) is 0 Å². The van der Waals surface area contributed by atoms with E-state index in [1.165, 1.54) is 12.1 Å². The Hall–Kier alpha value is -4.95. The third kappa shape index (κ3) is 6.83. The minimum absolute atomic E-state index is 0.146. The van der Waals surface area contributed by atoms with Gasteiger partial charge in [0.15, 0.2) is 0 Å². The van der Waals surface area contributed by atoms with E-state index in [0.717, 1.165) is 27.9 Å². The molecule has 1 amide bonds. The molecule has 8 rings (SSSR count). The van der Waals surface area contributed by atoms with Crippen molar-refractivity contribution in [2.24, 2.45) is 5.92 Å². The van der Waals surface area contributed by atoms with Gasteiger partial charge < -0.3 is 19.6 Å². The van der Waals surface area contributed by atoms with E-state index < -0.39 is 23.1 Å². The predicted molar refractivity (Wildman–Crippen MR) is 201 cm³/mol. The van der Waals surface area contributed by atoms with Crippen molar-refractivity contribution in [1.29, 1.82) is 5.26 Å². The van der Waals surface area contributed by atoms with Crippen molar-refractivity contribution in [3.8, 4) is 24.4 Å². The monoisotopic (exact) mass is 748 g/mol. The van der Waals surface area contributed by atoms with Crippen molar-refractivity contribution >= 4 is 11.7 Å². The number of hydrogen-bond donors (Lipinski definition) is 1. The first-order chi connectivity index (χ1) is 26.4. The molecule has 1 N–H and O–H groups in total. The summed E-state index contributed by atoms with van der Waals surface area (Å²) in [6, 6.07) is 8.64. The second-order valence-corrected chi connectivity index (χ2v) is 16.4. The molecule has 6 heterocycles. The molecule has 4 aliphatic heterocycles. The van der Waals surface area contributed by atoms with Crippen LogP contribution in [0.4, 0.5) is 14.6 Å². The quantitative estimate of drug-likeness (QED) is 0.264. The Morgan fingerprint density at radius 2 is 1.98 bits per heavy atom. The van der Waals surface area contributed by atoms with Crippen LogP contribution in [0.15, 0.2) is 49.3 Å². The number of anilines is 1. The zero-order valence-corrected chi connectivity index (χ0v) is 31.3. The highest BCUT2D eigenvalue weighted by Crippen LogP contribution is 2.45. The van der Waals surface area contributed by atoms with Gasteiger partial charge in [-0.1, -0.05) is 18.6 Å². The van der Waals surface area contributed by atoms with Gasteiger partial charge in [-0.05, 0) is 74.1 Å². The van der Waals surface area contributed by atoms with Crippen LogP contribution >= 0.6 is 0 Å². The fourth-order valence-electron chi connectivity index (χ4n) is 9.82. The molecule has 2 bridgehead atoms. The van der Waals surface area contributed by atoms with Crippen LogP contribution in [0.3, 0.4) is 0 Å². The second-order valence-electron chi connectivity index (χ2n) is 16.4. The number of carbonyl (C=O) groups excluding carboxylic acids is 1. The van der Waals surface area contributed by atoms with Crippen LogP contribution in [0.1, 0.15) is 72.7 Å². The lowest BCUT2D eigenvalue weighted by Crippen LogP contribution is -2.57. The lowest BCUT2D eigenvalue weighted by molar-refractivity contribution is -0.129. The number of fused-ring (bicyclic) bond motifs is 4. The van der Waals surface area contributed by atoms with Crippen molar-refractivity contribution in [1.82, 2.24) is 29.7 Å². The van der Waals surface area contributed by atoms with E-state index in [0.29, 0.717) is 64.2 Å². The Labute approximate surface area is 320 Å².